The molecule has 0 aromatic heterocycles. The van der Waals surface area contributed by atoms with Gasteiger partial charge in [-0.15, -0.1) is 0 Å². The maximum absolute atomic E-state index is 12.1. The maximum atomic E-state index is 12.1. The zero-order valence-corrected chi connectivity index (χ0v) is 15.0. The second kappa shape index (κ2) is 8.33. The molecule has 0 saturated carbocycles. The minimum Gasteiger partial charge on any atom is -0.399 e. The minimum atomic E-state index is -0.234. The van der Waals surface area contributed by atoms with Crippen molar-refractivity contribution in [2.45, 2.75) is 33.6 Å². The molecule has 0 aliphatic carbocycles. The van der Waals surface area contributed by atoms with Gasteiger partial charge in [0.25, 0.3) is 0 Å². The Morgan fingerprint density at radius 1 is 1.00 bits per heavy atom. The topological polar surface area (TPSA) is 84.2 Å². The van der Waals surface area contributed by atoms with E-state index in [1.165, 1.54) is 0 Å². The van der Waals surface area contributed by atoms with Crippen LogP contribution in [0.15, 0.2) is 36.4 Å². The standard InChI is InChI=1S/C20H25N3O2/c1-13-10-14(2)20(15(3)11-13)23-19(25)12-22-18(24)9-8-16-6-4-5-7-17(16)21/h4-7,10-11H,8-9,12,21H2,1-3H3,(H,22,24)(H,23,25). The van der Waals surface area contributed by atoms with Crippen LogP contribution in [-0.2, 0) is 16.0 Å². The Morgan fingerprint density at radius 2 is 1.64 bits per heavy atom. The summed E-state index contributed by atoms with van der Waals surface area (Å²) >= 11 is 0. The van der Waals surface area contributed by atoms with Crippen LogP contribution in [0.2, 0.25) is 0 Å². The van der Waals surface area contributed by atoms with E-state index in [0.717, 1.165) is 27.9 Å². The van der Waals surface area contributed by atoms with Crippen molar-refractivity contribution in [1.82, 2.24) is 5.32 Å². The van der Waals surface area contributed by atoms with Crippen LogP contribution in [-0.4, -0.2) is 18.4 Å². The normalized spacial score (nSPS) is 10.4. The number of amides is 2. The summed E-state index contributed by atoms with van der Waals surface area (Å²) in [6.07, 6.45) is 0.848. The fraction of sp³-hybridized carbons (Fsp3) is 0.300. The summed E-state index contributed by atoms with van der Waals surface area (Å²) in [6, 6.07) is 11.5. The van der Waals surface area contributed by atoms with Crippen molar-refractivity contribution in [3.8, 4) is 0 Å². The molecule has 5 nitrogen and oxygen atoms in total. The molecule has 25 heavy (non-hydrogen) atoms. The van der Waals surface area contributed by atoms with Gasteiger partial charge in [0.1, 0.15) is 0 Å². The van der Waals surface area contributed by atoms with Gasteiger partial charge >= 0.3 is 0 Å². The van der Waals surface area contributed by atoms with Gasteiger partial charge in [-0.05, 0) is 49.9 Å². The van der Waals surface area contributed by atoms with Crippen LogP contribution in [0.3, 0.4) is 0 Å². The molecule has 0 aliphatic heterocycles. The van der Waals surface area contributed by atoms with Crippen LogP contribution in [0.5, 0.6) is 0 Å². The van der Waals surface area contributed by atoms with Crippen molar-refractivity contribution < 1.29 is 9.59 Å². The molecule has 0 fully saturated rings. The van der Waals surface area contributed by atoms with E-state index in [1.807, 2.05) is 57.2 Å². The minimum absolute atomic E-state index is 0.0458. The molecule has 0 unspecified atom stereocenters. The average molecular weight is 339 g/mol. The van der Waals surface area contributed by atoms with Crippen LogP contribution in [0.25, 0.3) is 0 Å². The fourth-order valence-corrected chi connectivity index (χ4v) is 2.84. The van der Waals surface area contributed by atoms with Crippen molar-refractivity contribution in [3.05, 3.63) is 58.7 Å². The molecule has 2 rings (SSSR count). The lowest BCUT2D eigenvalue weighted by atomic mass is 10.1. The number of rotatable bonds is 6. The molecule has 0 bridgehead atoms. The number of hydrogen-bond donors (Lipinski definition) is 3. The van der Waals surface area contributed by atoms with E-state index in [9.17, 15) is 9.59 Å². The number of anilines is 2. The number of nitrogens with one attached hydrogen (secondary N) is 2. The summed E-state index contributed by atoms with van der Waals surface area (Å²) < 4.78 is 0. The molecule has 2 aromatic rings. The Bertz CT molecular complexity index is 761. The Kier molecular flexibility index (Phi) is 6.17. The van der Waals surface area contributed by atoms with Crippen molar-refractivity contribution in [3.63, 3.8) is 0 Å². The highest BCUT2D eigenvalue weighted by molar-refractivity contribution is 5.95. The summed E-state index contributed by atoms with van der Waals surface area (Å²) in [5.74, 6) is -0.404. The summed E-state index contributed by atoms with van der Waals surface area (Å²) in [6.45, 7) is 5.89. The highest BCUT2D eigenvalue weighted by atomic mass is 16.2. The second-order valence-electron chi connectivity index (χ2n) is 6.30. The first-order valence-electron chi connectivity index (χ1n) is 8.34. The highest BCUT2D eigenvalue weighted by Crippen LogP contribution is 2.21. The number of nitrogen functional groups attached to an aromatic ring is 1. The van der Waals surface area contributed by atoms with Gasteiger partial charge in [0.15, 0.2) is 0 Å². The predicted octanol–water partition coefficient (Wildman–Crippen LogP) is 2.88. The van der Waals surface area contributed by atoms with E-state index in [0.29, 0.717) is 18.5 Å². The molecule has 0 saturated heterocycles. The zero-order valence-electron chi connectivity index (χ0n) is 15.0. The lowest BCUT2D eigenvalue weighted by Gasteiger charge is -2.13. The lowest BCUT2D eigenvalue weighted by Crippen LogP contribution is -2.33. The van der Waals surface area contributed by atoms with E-state index in [2.05, 4.69) is 10.6 Å². The van der Waals surface area contributed by atoms with Gasteiger partial charge in [0.2, 0.25) is 11.8 Å². The van der Waals surface area contributed by atoms with Gasteiger partial charge < -0.3 is 16.4 Å². The first kappa shape index (κ1) is 18.5. The van der Waals surface area contributed by atoms with Crippen LogP contribution in [0.1, 0.15) is 28.7 Å². The molecule has 4 N–H and O–H groups in total. The van der Waals surface area contributed by atoms with Crippen molar-refractivity contribution in [2.24, 2.45) is 0 Å². The first-order chi connectivity index (χ1) is 11.9. The molecule has 0 atom stereocenters. The molecule has 2 aromatic carbocycles. The molecule has 5 heteroatoms. The number of carbonyl (C=O) groups excluding carboxylic acids is 2. The Hall–Kier alpha value is -2.82. The molecular weight excluding hydrogens is 314 g/mol. The molecule has 2 amide bonds. The molecule has 0 radical (unpaired) electrons. The molecule has 0 aliphatic rings. The summed E-state index contributed by atoms with van der Waals surface area (Å²) in [4.78, 5) is 24.0. The van der Waals surface area contributed by atoms with Gasteiger partial charge in [-0.1, -0.05) is 35.9 Å². The third-order valence-corrected chi connectivity index (χ3v) is 4.06. The molecule has 0 spiro atoms. The number of benzene rings is 2. The van der Waals surface area contributed by atoms with E-state index in [-0.39, 0.29) is 18.4 Å². The van der Waals surface area contributed by atoms with Crippen LogP contribution >= 0.6 is 0 Å². The number of hydrogen-bond acceptors (Lipinski definition) is 3. The zero-order chi connectivity index (χ0) is 18.4. The number of para-hydroxylation sites is 1. The summed E-state index contributed by atoms with van der Waals surface area (Å²) in [5, 5.41) is 5.52. The second-order valence-corrected chi connectivity index (χ2v) is 6.30. The summed E-state index contributed by atoms with van der Waals surface area (Å²) in [5.41, 5.74) is 11.5. The Balaban J connectivity index is 1.82. The number of aryl methyl sites for hydroxylation is 4. The smallest absolute Gasteiger partial charge is 0.243 e. The summed E-state index contributed by atoms with van der Waals surface area (Å²) in [7, 11) is 0. The highest BCUT2D eigenvalue weighted by Gasteiger charge is 2.10. The van der Waals surface area contributed by atoms with Gasteiger partial charge in [-0.3, -0.25) is 9.59 Å². The van der Waals surface area contributed by atoms with Crippen molar-refractivity contribution in [1.29, 1.82) is 0 Å². The SMILES string of the molecule is Cc1cc(C)c(NC(=O)CNC(=O)CCc2ccccc2N)c(C)c1. The van der Waals surface area contributed by atoms with E-state index < -0.39 is 0 Å². The van der Waals surface area contributed by atoms with Gasteiger partial charge in [0, 0.05) is 17.8 Å². The predicted molar refractivity (Wildman–Crippen MR) is 101 cm³/mol. The number of carbonyl (C=O) groups is 2. The van der Waals surface area contributed by atoms with E-state index in [1.54, 1.807) is 0 Å². The number of nitrogens with two attached hydrogens (primary N) is 1. The Morgan fingerprint density at radius 3 is 2.28 bits per heavy atom. The van der Waals surface area contributed by atoms with E-state index in [4.69, 9.17) is 5.73 Å². The molecular formula is C20H25N3O2. The third-order valence-electron chi connectivity index (χ3n) is 4.06. The molecule has 0 heterocycles. The van der Waals surface area contributed by atoms with Gasteiger partial charge in [0.05, 0.1) is 6.54 Å². The maximum Gasteiger partial charge on any atom is 0.243 e. The Labute approximate surface area is 148 Å². The van der Waals surface area contributed by atoms with Crippen LogP contribution in [0, 0.1) is 20.8 Å². The van der Waals surface area contributed by atoms with Gasteiger partial charge in [-0.2, -0.15) is 0 Å². The first-order valence-corrected chi connectivity index (χ1v) is 8.34. The molecule has 132 valence electrons. The average Bonchev–Trinajstić information content (AvgIpc) is 2.55. The van der Waals surface area contributed by atoms with Crippen molar-refractivity contribution >= 4 is 23.2 Å². The van der Waals surface area contributed by atoms with E-state index >= 15 is 0 Å². The van der Waals surface area contributed by atoms with Crippen molar-refractivity contribution in [2.75, 3.05) is 17.6 Å². The quantitative estimate of drug-likeness (QED) is 0.708. The lowest BCUT2D eigenvalue weighted by molar-refractivity contribution is -0.124. The largest absolute Gasteiger partial charge is 0.399 e. The third kappa shape index (κ3) is 5.35. The van der Waals surface area contributed by atoms with Crippen LogP contribution in [0.4, 0.5) is 11.4 Å². The fourth-order valence-electron chi connectivity index (χ4n) is 2.84. The van der Waals surface area contributed by atoms with Gasteiger partial charge in [-0.25, -0.2) is 0 Å². The monoisotopic (exact) mass is 339 g/mol. The van der Waals surface area contributed by atoms with Crippen LogP contribution < -0.4 is 16.4 Å².